The highest BCUT2D eigenvalue weighted by molar-refractivity contribution is 5.87. The van der Waals surface area contributed by atoms with Crippen LogP contribution in [0.3, 0.4) is 0 Å². The molecular weight excluding hydrogens is 320 g/mol. The number of ketones is 1. The summed E-state index contributed by atoms with van der Waals surface area (Å²) < 4.78 is 6.29. The third-order valence-corrected chi connectivity index (χ3v) is 6.90. The van der Waals surface area contributed by atoms with Crippen molar-refractivity contribution in [1.82, 2.24) is 0 Å². The molecule has 2 saturated heterocycles. The fourth-order valence-electron chi connectivity index (χ4n) is 5.22. The van der Waals surface area contributed by atoms with Crippen molar-refractivity contribution in [1.29, 1.82) is 0 Å². The van der Waals surface area contributed by atoms with Gasteiger partial charge in [0, 0.05) is 24.7 Å². The van der Waals surface area contributed by atoms with Crippen molar-refractivity contribution < 1.29 is 24.9 Å². The van der Waals surface area contributed by atoms with E-state index >= 15 is 0 Å². The van der Waals surface area contributed by atoms with Crippen LogP contribution in [0.25, 0.3) is 0 Å². The summed E-state index contributed by atoms with van der Waals surface area (Å²) in [6, 6.07) is 0. The Balaban J connectivity index is 2.10. The molecule has 5 heteroatoms. The quantitative estimate of drug-likeness (QED) is 0.627. The molecular formula is C20H32O5. The monoisotopic (exact) mass is 352 g/mol. The maximum atomic E-state index is 12.4. The molecule has 0 amide bonds. The fourth-order valence-corrected chi connectivity index (χ4v) is 5.22. The maximum absolute atomic E-state index is 12.4. The van der Waals surface area contributed by atoms with Crippen molar-refractivity contribution in [3.05, 3.63) is 11.6 Å². The van der Waals surface area contributed by atoms with Crippen LogP contribution in [0.2, 0.25) is 0 Å². The molecule has 0 spiro atoms. The van der Waals surface area contributed by atoms with Crippen molar-refractivity contribution in [2.75, 3.05) is 0 Å². The number of ether oxygens (including phenoxy) is 1. The Kier molecular flexibility index (Phi) is 4.68. The van der Waals surface area contributed by atoms with Gasteiger partial charge in [-0.15, -0.1) is 0 Å². The molecule has 0 radical (unpaired) electrons. The summed E-state index contributed by atoms with van der Waals surface area (Å²) in [6.07, 6.45) is 0.969. The smallest absolute Gasteiger partial charge is 0.166 e. The molecule has 0 aromatic heterocycles. The number of carbonyl (C=O) groups is 1. The lowest BCUT2D eigenvalue weighted by atomic mass is 9.62. The predicted octanol–water partition coefficient (Wildman–Crippen LogP) is 1.83. The molecule has 3 aliphatic rings. The summed E-state index contributed by atoms with van der Waals surface area (Å²) >= 11 is 0. The Morgan fingerprint density at radius 3 is 2.52 bits per heavy atom. The largest absolute Gasteiger partial charge is 0.390 e. The highest BCUT2D eigenvalue weighted by Gasteiger charge is 2.60. The number of aliphatic hydroxyl groups is 3. The molecule has 142 valence electrons. The molecule has 25 heavy (non-hydrogen) atoms. The van der Waals surface area contributed by atoms with Gasteiger partial charge in [0.1, 0.15) is 11.2 Å². The highest BCUT2D eigenvalue weighted by Crippen LogP contribution is 2.53. The lowest BCUT2D eigenvalue weighted by Crippen LogP contribution is -2.55. The average Bonchev–Trinajstić information content (AvgIpc) is 2.87. The molecule has 3 rings (SSSR count). The number of aliphatic hydroxyl groups excluding tert-OH is 1. The maximum Gasteiger partial charge on any atom is 0.166 e. The summed E-state index contributed by atoms with van der Waals surface area (Å²) in [4.78, 5) is 12.4. The minimum atomic E-state index is -1.56. The zero-order valence-electron chi connectivity index (χ0n) is 15.9. The van der Waals surface area contributed by atoms with Gasteiger partial charge in [-0.2, -0.15) is 0 Å². The van der Waals surface area contributed by atoms with Crippen molar-refractivity contribution in [3.63, 3.8) is 0 Å². The molecule has 2 fully saturated rings. The number of hydrogen-bond donors (Lipinski definition) is 3. The number of Topliss-reactive ketones (excluding diaryl/α,β-unsaturated/α-hetero) is 1. The Bertz CT molecular complexity index is 577. The second-order valence-corrected chi connectivity index (χ2v) is 9.14. The zero-order valence-corrected chi connectivity index (χ0v) is 15.9. The summed E-state index contributed by atoms with van der Waals surface area (Å²) in [5, 5.41) is 32.4. The van der Waals surface area contributed by atoms with Crippen LogP contribution in [-0.2, 0) is 9.53 Å². The van der Waals surface area contributed by atoms with Crippen LogP contribution in [0.15, 0.2) is 11.6 Å². The number of hydrogen-bond acceptors (Lipinski definition) is 5. The average molecular weight is 352 g/mol. The summed E-state index contributed by atoms with van der Waals surface area (Å²) in [5.74, 6) is 0.443. The van der Waals surface area contributed by atoms with Crippen LogP contribution in [0.5, 0.6) is 0 Å². The second kappa shape index (κ2) is 6.15. The third kappa shape index (κ3) is 2.99. The van der Waals surface area contributed by atoms with Crippen molar-refractivity contribution in [2.45, 2.75) is 83.4 Å². The number of fused-ring (bicyclic) bond motifs is 5. The Morgan fingerprint density at radius 1 is 1.28 bits per heavy atom. The van der Waals surface area contributed by atoms with Crippen LogP contribution in [0, 0.1) is 23.7 Å². The van der Waals surface area contributed by atoms with Crippen LogP contribution in [0.4, 0.5) is 0 Å². The van der Waals surface area contributed by atoms with Gasteiger partial charge >= 0.3 is 0 Å². The van der Waals surface area contributed by atoms with Crippen LogP contribution >= 0.6 is 0 Å². The Labute approximate surface area is 150 Å². The Morgan fingerprint density at radius 2 is 1.92 bits per heavy atom. The fraction of sp³-hybridized carbons (Fsp3) is 0.850. The number of rotatable bonds is 1. The van der Waals surface area contributed by atoms with Crippen LogP contribution < -0.4 is 0 Å². The molecule has 3 N–H and O–H groups in total. The van der Waals surface area contributed by atoms with Crippen molar-refractivity contribution >= 4 is 5.78 Å². The first-order valence-corrected chi connectivity index (χ1v) is 9.45. The molecule has 2 heterocycles. The first-order valence-electron chi connectivity index (χ1n) is 9.45. The normalized spacial score (nSPS) is 50.8. The minimum absolute atomic E-state index is 0.0576. The lowest BCUT2D eigenvalue weighted by molar-refractivity contribution is -0.166. The van der Waals surface area contributed by atoms with E-state index in [4.69, 9.17) is 4.74 Å². The molecule has 0 aromatic carbocycles. The van der Waals surface area contributed by atoms with Crippen molar-refractivity contribution in [2.24, 2.45) is 23.7 Å². The molecule has 1 aliphatic carbocycles. The van der Waals surface area contributed by atoms with Gasteiger partial charge in [-0.1, -0.05) is 25.5 Å². The summed E-state index contributed by atoms with van der Waals surface area (Å²) in [6.45, 7) is 9.49. The molecule has 2 bridgehead atoms. The van der Waals surface area contributed by atoms with Crippen molar-refractivity contribution in [3.8, 4) is 0 Å². The first-order chi connectivity index (χ1) is 11.5. The SMILES string of the molecule is CC1=CCC(C(C)C)C2C1C1CC(C)(O)C(=O)CC(O)C(C)(O)C2O1. The number of allylic oxidation sites excluding steroid dienone is 1. The van der Waals surface area contributed by atoms with Gasteiger partial charge in [0.05, 0.1) is 18.3 Å². The van der Waals surface area contributed by atoms with E-state index in [0.29, 0.717) is 11.8 Å². The predicted molar refractivity (Wildman–Crippen MR) is 93.8 cm³/mol. The van der Waals surface area contributed by atoms with E-state index in [1.165, 1.54) is 12.5 Å². The Hall–Kier alpha value is -0.750. The van der Waals surface area contributed by atoms with E-state index in [-0.39, 0.29) is 30.8 Å². The zero-order chi connectivity index (χ0) is 18.7. The minimum Gasteiger partial charge on any atom is -0.390 e. The van der Waals surface area contributed by atoms with Gasteiger partial charge in [0.25, 0.3) is 0 Å². The molecule has 0 saturated carbocycles. The van der Waals surface area contributed by atoms with E-state index in [1.54, 1.807) is 6.92 Å². The highest BCUT2D eigenvalue weighted by atomic mass is 16.5. The standard InChI is InChI=1S/C20H32O5/c1-10(2)12-7-6-11(3)16-13-9-19(4,23)14(21)8-15(22)20(5,24)18(25-13)17(12)16/h6,10,12-13,15-18,22-24H,7-9H2,1-5H3. The van der Waals surface area contributed by atoms with Gasteiger partial charge in [-0.3, -0.25) is 4.79 Å². The van der Waals surface area contributed by atoms with Crippen LogP contribution in [-0.4, -0.2) is 50.6 Å². The van der Waals surface area contributed by atoms with E-state index in [2.05, 4.69) is 26.8 Å². The van der Waals surface area contributed by atoms with Gasteiger partial charge in [0.15, 0.2) is 5.78 Å². The van der Waals surface area contributed by atoms with E-state index in [9.17, 15) is 20.1 Å². The van der Waals surface area contributed by atoms with Gasteiger partial charge < -0.3 is 20.1 Å². The van der Waals surface area contributed by atoms with Gasteiger partial charge in [-0.05, 0) is 39.0 Å². The second-order valence-electron chi connectivity index (χ2n) is 9.14. The molecule has 5 nitrogen and oxygen atoms in total. The lowest BCUT2D eigenvalue weighted by Gasteiger charge is -2.44. The summed E-state index contributed by atoms with van der Waals surface area (Å²) in [5.41, 5.74) is -1.89. The first kappa shape index (κ1) is 19.0. The summed E-state index contributed by atoms with van der Waals surface area (Å²) in [7, 11) is 0. The van der Waals surface area contributed by atoms with E-state index in [1.807, 2.05) is 0 Å². The van der Waals surface area contributed by atoms with Gasteiger partial charge in [0.2, 0.25) is 0 Å². The van der Waals surface area contributed by atoms with Crippen LogP contribution in [0.1, 0.15) is 53.9 Å². The topological polar surface area (TPSA) is 87.0 Å². The number of carbonyl (C=O) groups excluding carboxylic acids is 1. The molecule has 2 aliphatic heterocycles. The van der Waals surface area contributed by atoms with E-state index < -0.39 is 29.2 Å². The third-order valence-electron chi connectivity index (χ3n) is 6.90. The molecule has 0 aromatic rings. The van der Waals surface area contributed by atoms with E-state index in [0.717, 1.165) is 6.42 Å². The molecule has 8 unspecified atom stereocenters. The molecule has 8 atom stereocenters. The van der Waals surface area contributed by atoms with Gasteiger partial charge in [-0.25, -0.2) is 0 Å².